The lowest BCUT2D eigenvalue weighted by atomic mass is 9.80. The van der Waals surface area contributed by atoms with E-state index in [1.807, 2.05) is 24.5 Å². The molecule has 112 valence electrons. The maximum absolute atomic E-state index is 14.0. The van der Waals surface area contributed by atoms with E-state index >= 15 is 0 Å². The molecule has 0 bridgehead atoms. The van der Waals surface area contributed by atoms with Crippen LogP contribution in [0.5, 0.6) is 0 Å². The smallest absolute Gasteiger partial charge is 0.126 e. The first-order chi connectivity index (χ1) is 10.2. The maximum atomic E-state index is 14.0. The summed E-state index contributed by atoms with van der Waals surface area (Å²) in [6, 6.07) is 7.73. The molecule has 1 aromatic heterocycles. The van der Waals surface area contributed by atoms with Crippen molar-refractivity contribution >= 4 is 27.3 Å². The molecule has 0 saturated heterocycles. The van der Waals surface area contributed by atoms with Gasteiger partial charge in [-0.15, -0.1) is 11.3 Å². The monoisotopic (exact) mass is 367 g/mol. The number of nitrogens with one attached hydrogen (secondary N) is 1. The van der Waals surface area contributed by atoms with Gasteiger partial charge in [-0.3, -0.25) is 0 Å². The van der Waals surface area contributed by atoms with Crippen molar-refractivity contribution in [3.8, 4) is 0 Å². The number of rotatable bonds is 4. The van der Waals surface area contributed by atoms with E-state index in [1.165, 1.54) is 29.7 Å². The van der Waals surface area contributed by atoms with Gasteiger partial charge in [-0.05, 0) is 73.5 Å². The first-order valence-corrected chi connectivity index (χ1v) is 9.03. The zero-order valence-electron chi connectivity index (χ0n) is 12.0. The van der Waals surface area contributed by atoms with E-state index in [2.05, 4.69) is 32.7 Å². The molecule has 0 amide bonds. The third-order valence-corrected chi connectivity index (χ3v) is 5.89. The molecular formula is C17H19BrFNS. The quantitative estimate of drug-likeness (QED) is 0.809. The minimum absolute atomic E-state index is 0.111. The van der Waals surface area contributed by atoms with Crippen LogP contribution in [0.4, 0.5) is 4.39 Å². The Labute approximate surface area is 137 Å². The molecule has 1 aliphatic carbocycles. The molecule has 21 heavy (non-hydrogen) atoms. The van der Waals surface area contributed by atoms with Gasteiger partial charge in [-0.25, -0.2) is 4.39 Å². The second-order valence-corrected chi connectivity index (χ2v) is 7.55. The van der Waals surface area contributed by atoms with Crippen LogP contribution in [0.15, 0.2) is 34.1 Å². The van der Waals surface area contributed by atoms with Crippen molar-refractivity contribution in [1.29, 1.82) is 0 Å². The molecule has 1 nitrogen and oxygen atoms in total. The van der Waals surface area contributed by atoms with Crippen LogP contribution in [0.3, 0.4) is 0 Å². The summed E-state index contributed by atoms with van der Waals surface area (Å²) in [6.07, 6.45) is 4.34. The molecule has 0 saturated carbocycles. The summed E-state index contributed by atoms with van der Waals surface area (Å²) in [5.74, 6) is 0.378. The first kappa shape index (κ1) is 15.2. The number of halogens is 2. The third kappa shape index (κ3) is 3.22. The molecule has 2 unspecified atom stereocenters. The van der Waals surface area contributed by atoms with E-state index in [1.54, 1.807) is 12.1 Å². The highest BCUT2D eigenvalue weighted by Gasteiger charge is 2.28. The van der Waals surface area contributed by atoms with Crippen LogP contribution < -0.4 is 5.32 Å². The molecule has 3 rings (SSSR count). The number of hydrogen-bond acceptors (Lipinski definition) is 2. The van der Waals surface area contributed by atoms with Gasteiger partial charge in [0.25, 0.3) is 0 Å². The van der Waals surface area contributed by atoms with Gasteiger partial charge in [-0.2, -0.15) is 0 Å². The van der Waals surface area contributed by atoms with Gasteiger partial charge in [0, 0.05) is 21.3 Å². The second kappa shape index (κ2) is 6.59. The van der Waals surface area contributed by atoms with Crippen LogP contribution >= 0.6 is 27.3 Å². The Morgan fingerprint density at radius 1 is 1.43 bits per heavy atom. The van der Waals surface area contributed by atoms with E-state index in [0.29, 0.717) is 5.92 Å². The Balaban J connectivity index is 1.85. The predicted octanol–water partition coefficient (Wildman–Crippen LogP) is 4.90. The Kier molecular flexibility index (Phi) is 4.77. The molecule has 1 aromatic carbocycles. The molecule has 1 heterocycles. The van der Waals surface area contributed by atoms with Crippen molar-refractivity contribution < 1.29 is 4.39 Å². The molecule has 1 aliphatic rings. The minimum Gasteiger partial charge on any atom is -0.316 e. The van der Waals surface area contributed by atoms with E-state index in [0.717, 1.165) is 16.5 Å². The molecule has 0 spiro atoms. The van der Waals surface area contributed by atoms with Crippen LogP contribution in [0, 0.1) is 5.82 Å². The van der Waals surface area contributed by atoms with Crippen molar-refractivity contribution in [1.82, 2.24) is 5.32 Å². The van der Waals surface area contributed by atoms with Crippen molar-refractivity contribution in [3.05, 3.63) is 55.9 Å². The van der Waals surface area contributed by atoms with Gasteiger partial charge in [0.1, 0.15) is 5.82 Å². The summed E-state index contributed by atoms with van der Waals surface area (Å²) in [7, 11) is 1.99. The molecule has 2 aromatic rings. The molecule has 0 radical (unpaired) electrons. The third-order valence-electron chi connectivity index (χ3n) is 4.40. The van der Waals surface area contributed by atoms with Gasteiger partial charge in [-0.1, -0.05) is 15.9 Å². The molecule has 0 aliphatic heterocycles. The summed E-state index contributed by atoms with van der Waals surface area (Å²) in [6.45, 7) is 0. The molecule has 1 N–H and O–H groups in total. The van der Waals surface area contributed by atoms with Gasteiger partial charge in [0.05, 0.1) is 0 Å². The zero-order valence-corrected chi connectivity index (χ0v) is 14.4. The summed E-state index contributed by atoms with van der Waals surface area (Å²) >= 11 is 5.30. The topological polar surface area (TPSA) is 12.0 Å². The summed E-state index contributed by atoms with van der Waals surface area (Å²) in [4.78, 5) is 1.52. The lowest BCUT2D eigenvalue weighted by Crippen LogP contribution is -2.35. The standard InChI is InChI=1S/C17H19BrFNS/c1-20-16(10-11-9-12(18)5-6-15(11)19)13-3-2-4-17-14(13)7-8-21-17/h5-9,13,16,20H,2-4,10H2,1H3. The average molecular weight is 368 g/mol. The highest BCUT2D eigenvalue weighted by molar-refractivity contribution is 9.10. The normalized spacial score (nSPS) is 19.3. The summed E-state index contributed by atoms with van der Waals surface area (Å²) in [5.41, 5.74) is 2.26. The molecule has 0 fully saturated rings. The number of aryl methyl sites for hydroxylation is 1. The van der Waals surface area contributed by atoms with Crippen LogP contribution in [0.25, 0.3) is 0 Å². The van der Waals surface area contributed by atoms with Crippen LogP contribution in [-0.2, 0) is 12.8 Å². The van der Waals surface area contributed by atoms with Gasteiger partial charge in [0.2, 0.25) is 0 Å². The molecular weight excluding hydrogens is 349 g/mol. The fourth-order valence-electron chi connectivity index (χ4n) is 3.32. The number of fused-ring (bicyclic) bond motifs is 1. The summed E-state index contributed by atoms with van der Waals surface area (Å²) in [5, 5.41) is 5.61. The SMILES string of the molecule is CNC(Cc1cc(Br)ccc1F)C1CCCc2sccc21. The average Bonchev–Trinajstić information content (AvgIpc) is 2.96. The van der Waals surface area contributed by atoms with E-state index < -0.39 is 0 Å². The zero-order chi connectivity index (χ0) is 14.8. The minimum atomic E-state index is -0.111. The molecule has 2 atom stereocenters. The maximum Gasteiger partial charge on any atom is 0.126 e. The van der Waals surface area contributed by atoms with E-state index in [-0.39, 0.29) is 11.9 Å². The van der Waals surface area contributed by atoms with Gasteiger partial charge in [0.15, 0.2) is 0 Å². The van der Waals surface area contributed by atoms with E-state index in [4.69, 9.17) is 0 Å². The van der Waals surface area contributed by atoms with Crippen molar-refractivity contribution in [3.63, 3.8) is 0 Å². The van der Waals surface area contributed by atoms with Gasteiger partial charge < -0.3 is 5.32 Å². The number of likely N-dealkylation sites (N-methyl/N-ethyl adjacent to an activating group) is 1. The van der Waals surface area contributed by atoms with E-state index in [9.17, 15) is 4.39 Å². The summed E-state index contributed by atoms with van der Waals surface area (Å²) < 4.78 is 15.0. The number of hydrogen-bond donors (Lipinski definition) is 1. The predicted molar refractivity (Wildman–Crippen MR) is 90.6 cm³/mol. The van der Waals surface area contributed by atoms with Crippen molar-refractivity contribution in [2.24, 2.45) is 0 Å². The Morgan fingerprint density at radius 2 is 2.29 bits per heavy atom. The van der Waals surface area contributed by atoms with Crippen LogP contribution in [-0.4, -0.2) is 13.1 Å². The lowest BCUT2D eigenvalue weighted by Gasteiger charge is -2.31. The highest BCUT2D eigenvalue weighted by atomic mass is 79.9. The fourth-order valence-corrected chi connectivity index (χ4v) is 4.73. The lowest BCUT2D eigenvalue weighted by molar-refractivity contribution is 0.409. The van der Waals surface area contributed by atoms with Crippen molar-refractivity contribution in [2.75, 3.05) is 7.05 Å². The van der Waals surface area contributed by atoms with Crippen molar-refractivity contribution in [2.45, 2.75) is 37.6 Å². The largest absolute Gasteiger partial charge is 0.316 e. The number of benzene rings is 1. The first-order valence-electron chi connectivity index (χ1n) is 7.36. The Bertz CT molecular complexity index is 625. The van der Waals surface area contributed by atoms with Crippen LogP contribution in [0.2, 0.25) is 0 Å². The van der Waals surface area contributed by atoms with Crippen LogP contribution in [0.1, 0.15) is 34.8 Å². The van der Waals surface area contributed by atoms with Gasteiger partial charge >= 0.3 is 0 Å². The Hall–Kier alpha value is -0.710. The fraction of sp³-hybridized carbons (Fsp3) is 0.412. The Morgan fingerprint density at radius 3 is 3.10 bits per heavy atom. The second-order valence-electron chi connectivity index (χ2n) is 5.63. The molecule has 4 heteroatoms. The number of thiophene rings is 1. The highest BCUT2D eigenvalue weighted by Crippen LogP contribution is 2.38.